The van der Waals surface area contributed by atoms with E-state index in [1.54, 1.807) is 0 Å². The molecule has 1 saturated heterocycles. The Labute approximate surface area is 88.8 Å². The molecule has 13 heavy (non-hydrogen) atoms. The predicted octanol–water partition coefficient (Wildman–Crippen LogP) is 2.02. The van der Waals surface area contributed by atoms with Gasteiger partial charge < -0.3 is 5.32 Å². The van der Waals surface area contributed by atoms with E-state index in [4.69, 9.17) is 11.6 Å². The van der Waals surface area contributed by atoms with Crippen molar-refractivity contribution in [1.82, 2.24) is 5.32 Å². The number of nitrogens with one attached hydrogen (secondary N) is 1. The van der Waals surface area contributed by atoms with Crippen molar-refractivity contribution in [1.29, 1.82) is 0 Å². The second kappa shape index (κ2) is 6.55. The van der Waals surface area contributed by atoms with E-state index < -0.39 is 0 Å². The van der Waals surface area contributed by atoms with Crippen molar-refractivity contribution in [2.75, 3.05) is 17.4 Å². The molecule has 1 atom stereocenters. The van der Waals surface area contributed by atoms with Gasteiger partial charge in [-0.25, -0.2) is 0 Å². The van der Waals surface area contributed by atoms with Gasteiger partial charge in [-0.2, -0.15) is 11.8 Å². The molecule has 1 unspecified atom stereocenters. The Morgan fingerprint density at radius 2 is 2.38 bits per heavy atom. The molecule has 0 aromatic rings. The molecule has 4 heteroatoms. The lowest BCUT2D eigenvalue weighted by molar-refractivity contribution is -0.121. The summed E-state index contributed by atoms with van der Waals surface area (Å²) in [7, 11) is 0. The van der Waals surface area contributed by atoms with Crippen LogP contribution >= 0.6 is 23.4 Å². The number of alkyl halides is 1. The highest BCUT2D eigenvalue weighted by molar-refractivity contribution is 7.99. The van der Waals surface area contributed by atoms with Crippen LogP contribution in [0.25, 0.3) is 0 Å². The van der Waals surface area contributed by atoms with E-state index in [2.05, 4.69) is 5.32 Å². The van der Waals surface area contributed by atoms with Crippen LogP contribution in [0.1, 0.15) is 25.7 Å². The highest BCUT2D eigenvalue weighted by atomic mass is 35.5. The number of hydrogen-bond acceptors (Lipinski definition) is 2. The van der Waals surface area contributed by atoms with Crippen LogP contribution in [0.15, 0.2) is 0 Å². The second-order valence-electron chi connectivity index (χ2n) is 3.27. The van der Waals surface area contributed by atoms with Crippen molar-refractivity contribution in [3.63, 3.8) is 0 Å². The summed E-state index contributed by atoms with van der Waals surface area (Å²) < 4.78 is 0. The molecule has 1 amide bonds. The largest absolute Gasteiger partial charge is 0.353 e. The third kappa shape index (κ3) is 4.77. The fraction of sp³-hybridized carbons (Fsp3) is 0.889. The second-order valence-corrected chi connectivity index (χ2v) is 4.80. The quantitative estimate of drug-likeness (QED) is 0.569. The number of unbranched alkanes of at least 4 members (excludes halogenated alkanes) is 1. The SMILES string of the molecule is O=C(CCCCCl)NC1CCSC1. The van der Waals surface area contributed by atoms with Crippen molar-refractivity contribution in [3.8, 4) is 0 Å². The molecule has 0 spiro atoms. The van der Waals surface area contributed by atoms with Crippen LogP contribution in [-0.2, 0) is 4.79 Å². The van der Waals surface area contributed by atoms with Gasteiger partial charge in [-0.1, -0.05) is 0 Å². The topological polar surface area (TPSA) is 29.1 Å². The van der Waals surface area contributed by atoms with E-state index >= 15 is 0 Å². The zero-order chi connectivity index (χ0) is 9.52. The normalized spacial score (nSPS) is 21.8. The summed E-state index contributed by atoms with van der Waals surface area (Å²) in [5.74, 6) is 3.12. The molecule has 2 nitrogen and oxygen atoms in total. The van der Waals surface area contributed by atoms with E-state index in [0.717, 1.165) is 25.0 Å². The van der Waals surface area contributed by atoms with Gasteiger partial charge in [0.2, 0.25) is 5.91 Å². The van der Waals surface area contributed by atoms with E-state index in [1.165, 1.54) is 5.75 Å². The number of hydrogen-bond donors (Lipinski definition) is 1. The van der Waals surface area contributed by atoms with Crippen LogP contribution in [0.5, 0.6) is 0 Å². The van der Waals surface area contributed by atoms with Crippen molar-refractivity contribution < 1.29 is 4.79 Å². The van der Waals surface area contributed by atoms with Crippen LogP contribution in [-0.4, -0.2) is 29.3 Å². The summed E-state index contributed by atoms with van der Waals surface area (Å²) in [4.78, 5) is 11.3. The average Bonchev–Trinajstić information content (AvgIpc) is 2.57. The molecule has 0 bridgehead atoms. The minimum absolute atomic E-state index is 0.192. The minimum Gasteiger partial charge on any atom is -0.353 e. The number of carbonyl (C=O) groups is 1. The molecule has 0 aromatic heterocycles. The molecule has 1 N–H and O–H groups in total. The molecule has 0 aromatic carbocycles. The van der Waals surface area contributed by atoms with E-state index in [0.29, 0.717) is 18.3 Å². The lowest BCUT2D eigenvalue weighted by Gasteiger charge is -2.10. The van der Waals surface area contributed by atoms with Gasteiger partial charge in [0, 0.05) is 24.1 Å². The van der Waals surface area contributed by atoms with Crippen molar-refractivity contribution >= 4 is 29.3 Å². The van der Waals surface area contributed by atoms with E-state index in [-0.39, 0.29) is 5.91 Å². The Balaban J connectivity index is 2.02. The third-order valence-corrected chi connectivity index (χ3v) is 3.51. The lowest BCUT2D eigenvalue weighted by atomic mass is 10.2. The predicted molar refractivity (Wildman–Crippen MR) is 58.4 cm³/mol. The van der Waals surface area contributed by atoms with E-state index in [9.17, 15) is 4.79 Å². The maximum absolute atomic E-state index is 11.3. The first-order valence-electron chi connectivity index (χ1n) is 4.76. The van der Waals surface area contributed by atoms with Gasteiger partial charge in [0.05, 0.1) is 0 Å². The third-order valence-electron chi connectivity index (χ3n) is 2.08. The molecular weight excluding hydrogens is 206 g/mol. The van der Waals surface area contributed by atoms with Crippen LogP contribution in [0.4, 0.5) is 0 Å². The van der Waals surface area contributed by atoms with Crippen LogP contribution in [0.2, 0.25) is 0 Å². The molecular formula is C9H16ClNOS. The number of rotatable bonds is 5. The maximum atomic E-state index is 11.3. The zero-order valence-electron chi connectivity index (χ0n) is 7.72. The number of carbonyl (C=O) groups excluding carboxylic acids is 1. The fourth-order valence-corrected chi connectivity index (χ4v) is 2.67. The summed E-state index contributed by atoms with van der Waals surface area (Å²) in [6.07, 6.45) is 3.61. The Morgan fingerprint density at radius 1 is 1.54 bits per heavy atom. The van der Waals surface area contributed by atoms with E-state index in [1.807, 2.05) is 11.8 Å². The Hall–Kier alpha value is 0.110. The molecule has 1 fully saturated rings. The first-order valence-corrected chi connectivity index (χ1v) is 6.45. The maximum Gasteiger partial charge on any atom is 0.220 e. The van der Waals surface area contributed by atoms with Crippen molar-refractivity contribution in [3.05, 3.63) is 0 Å². The number of thioether (sulfide) groups is 1. The summed E-state index contributed by atoms with van der Waals surface area (Å²) in [6, 6.07) is 0.425. The minimum atomic E-state index is 0.192. The molecule has 76 valence electrons. The molecule has 1 rings (SSSR count). The Morgan fingerprint density at radius 3 is 3.00 bits per heavy atom. The molecule has 1 aliphatic rings. The smallest absolute Gasteiger partial charge is 0.220 e. The summed E-state index contributed by atoms with van der Waals surface area (Å²) in [5, 5.41) is 3.03. The number of halogens is 1. The monoisotopic (exact) mass is 221 g/mol. The Kier molecular flexibility index (Phi) is 5.63. The average molecular weight is 222 g/mol. The molecule has 0 radical (unpaired) electrons. The standard InChI is InChI=1S/C9H16ClNOS/c10-5-2-1-3-9(12)11-8-4-6-13-7-8/h8H,1-7H2,(H,11,12). The first kappa shape index (κ1) is 11.2. The first-order chi connectivity index (χ1) is 6.33. The van der Waals surface area contributed by atoms with Gasteiger partial charge in [0.1, 0.15) is 0 Å². The van der Waals surface area contributed by atoms with Gasteiger partial charge >= 0.3 is 0 Å². The van der Waals surface area contributed by atoms with Crippen LogP contribution < -0.4 is 5.32 Å². The Bertz CT molecular complexity index is 160. The number of amides is 1. The molecule has 1 aliphatic heterocycles. The van der Waals surface area contributed by atoms with Gasteiger partial charge in [0.25, 0.3) is 0 Å². The molecule has 0 aliphatic carbocycles. The van der Waals surface area contributed by atoms with Gasteiger partial charge in [-0.05, 0) is 25.0 Å². The van der Waals surface area contributed by atoms with Gasteiger partial charge in [-0.3, -0.25) is 4.79 Å². The lowest BCUT2D eigenvalue weighted by Crippen LogP contribution is -2.34. The van der Waals surface area contributed by atoms with Crippen LogP contribution in [0.3, 0.4) is 0 Å². The summed E-state index contributed by atoms with van der Waals surface area (Å²) >= 11 is 7.44. The highest BCUT2D eigenvalue weighted by Gasteiger charge is 2.16. The zero-order valence-corrected chi connectivity index (χ0v) is 9.29. The van der Waals surface area contributed by atoms with Gasteiger partial charge in [0.15, 0.2) is 0 Å². The highest BCUT2D eigenvalue weighted by Crippen LogP contribution is 2.17. The molecule has 0 saturated carbocycles. The van der Waals surface area contributed by atoms with Crippen LogP contribution in [0, 0.1) is 0 Å². The van der Waals surface area contributed by atoms with Crippen molar-refractivity contribution in [2.45, 2.75) is 31.7 Å². The summed E-state index contributed by atoms with van der Waals surface area (Å²) in [5.41, 5.74) is 0. The molecule has 1 heterocycles. The fourth-order valence-electron chi connectivity index (χ4n) is 1.33. The van der Waals surface area contributed by atoms with Crippen molar-refractivity contribution in [2.24, 2.45) is 0 Å². The summed E-state index contributed by atoms with van der Waals surface area (Å²) in [6.45, 7) is 0. The van der Waals surface area contributed by atoms with Gasteiger partial charge in [-0.15, -0.1) is 11.6 Å².